The summed E-state index contributed by atoms with van der Waals surface area (Å²) in [5, 5.41) is 10.3. The third kappa shape index (κ3) is 3.11. The van der Waals surface area contributed by atoms with Crippen LogP contribution in [0.1, 0.15) is 17.2 Å². The van der Waals surface area contributed by atoms with E-state index in [0.29, 0.717) is 22.6 Å². The fourth-order valence-electron chi connectivity index (χ4n) is 2.05. The first kappa shape index (κ1) is 14.8. The lowest BCUT2D eigenvalue weighted by Crippen LogP contribution is -2.07. The van der Waals surface area contributed by atoms with E-state index in [4.69, 9.17) is 10.5 Å². The second-order valence-electron chi connectivity index (χ2n) is 4.42. The van der Waals surface area contributed by atoms with Crippen LogP contribution in [-0.4, -0.2) is 12.2 Å². The number of anilines is 1. The monoisotopic (exact) mass is 339 g/mol. The van der Waals surface area contributed by atoms with Crippen molar-refractivity contribution in [1.29, 1.82) is 0 Å². The summed E-state index contributed by atoms with van der Waals surface area (Å²) in [6.45, 7) is 0. The summed E-state index contributed by atoms with van der Waals surface area (Å²) in [5.41, 5.74) is 7.26. The molecule has 0 aliphatic carbocycles. The topological polar surface area (TPSA) is 55.5 Å². The summed E-state index contributed by atoms with van der Waals surface area (Å²) < 4.78 is 19.6. The van der Waals surface area contributed by atoms with E-state index in [1.54, 1.807) is 30.3 Å². The Morgan fingerprint density at radius 1 is 1.35 bits per heavy atom. The number of nitrogens with two attached hydrogens (primary N) is 1. The van der Waals surface area contributed by atoms with Crippen molar-refractivity contribution in [2.24, 2.45) is 0 Å². The van der Waals surface area contributed by atoms with Gasteiger partial charge in [-0.25, -0.2) is 4.39 Å². The Labute approximate surface area is 125 Å². The van der Waals surface area contributed by atoms with E-state index < -0.39 is 6.10 Å². The fourth-order valence-corrected chi connectivity index (χ4v) is 2.46. The highest BCUT2D eigenvalue weighted by atomic mass is 79.9. The number of aliphatic hydroxyl groups excluding tert-OH is 1. The zero-order valence-electron chi connectivity index (χ0n) is 10.9. The lowest BCUT2D eigenvalue weighted by atomic mass is 9.99. The van der Waals surface area contributed by atoms with Crippen molar-refractivity contribution in [2.75, 3.05) is 12.8 Å². The molecule has 5 heteroatoms. The first-order valence-electron chi connectivity index (χ1n) is 6.07. The number of aliphatic hydroxyl groups is 1. The number of methoxy groups -OCH3 is 1. The van der Waals surface area contributed by atoms with Gasteiger partial charge in [0, 0.05) is 16.5 Å². The minimum absolute atomic E-state index is 0.142. The molecule has 0 radical (unpaired) electrons. The van der Waals surface area contributed by atoms with Crippen molar-refractivity contribution >= 4 is 21.6 Å². The zero-order valence-corrected chi connectivity index (χ0v) is 12.5. The third-order valence-corrected chi connectivity index (χ3v) is 3.59. The van der Waals surface area contributed by atoms with Gasteiger partial charge in [0.05, 0.1) is 18.9 Å². The van der Waals surface area contributed by atoms with Gasteiger partial charge in [0.2, 0.25) is 0 Å². The van der Waals surface area contributed by atoms with E-state index >= 15 is 0 Å². The van der Waals surface area contributed by atoms with E-state index in [-0.39, 0.29) is 12.2 Å². The number of hydrogen-bond donors (Lipinski definition) is 2. The number of ether oxygens (including phenoxy) is 1. The highest BCUT2D eigenvalue weighted by Crippen LogP contribution is 2.31. The van der Waals surface area contributed by atoms with E-state index in [2.05, 4.69) is 15.9 Å². The van der Waals surface area contributed by atoms with Crippen molar-refractivity contribution in [3.05, 3.63) is 57.8 Å². The summed E-state index contributed by atoms with van der Waals surface area (Å²) in [6.07, 6.45) is -0.753. The molecule has 0 spiro atoms. The number of nitrogen functional groups attached to an aromatic ring is 1. The van der Waals surface area contributed by atoms with Gasteiger partial charge in [-0.15, -0.1) is 0 Å². The van der Waals surface area contributed by atoms with E-state index in [1.165, 1.54) is 13.2 Å². The molecule has 2 aromatic rings. The molecule has 20 heavy (non-hydrogen) atoms. The van der Waals surface area contributed by atoms with Crippen molar-refractivity contribution in [3.8, 4) is 5.75 Å². The lowest BCUT2D eigenvalue weighted by molar-refractivity contribution is 0.177. The van der Waals surface area contributed by atoms with Gasteiger partial charge in [-0.1, -0.05) is 28.1 Å². The maximum Gasteiger partial charge on any atom is 0.142 e. The summed E-state index contributed by atoms with van der Waals surface area (Å²) in [6, 6.07) is 9.79. The SMILES string of the molecule is COc1cccc(C(O)Cc2cc(Br)ccc2F)c1N. The predicted molar refractivity (Wildman–Crippen MR) is 80.2 cm³/mol. The molecule has 1 atom stereocenters. The fraction of sp³-hybridized carbons (Fsp3) is 0.200. The van der Waals surface area contributed by atoms with Crippen molar-refractivity contribution in [1.82, 2.24) is 0 Å². The van der Waals surface area contributed by atoms with Gasteiger partial charge in [0.1, 0.15) is 11.6 Å². The number of para-hydroxylation sites is 1. The number of benzene rings is 2. The standard InChI is InChI=1S/C15H15BrFNO2/c1-20-14-4-2-3-11(15(14)18)13(19)8-9-7-10(16)5-6-12(9)17/h2-7,13,19H,8,18H2,1H3. The average molecular weight is 340 g/mol. The van der Waals surface area contributed by atoms with Crippen molar-refractivity contribution in [3.63, 3.8) is 0 Å². The van der Waals surface area contributed by atoms with Gasteiger partial charge in [-0.3, -0.25) is 0 Å². The Balaban J connectivity index is 2.28. The zero-order chi connectivity index (χ0) is 14.7. The molecule has 0 amide bonds. The first-order chi connectivity index (χ1) is 9.52. The Bertz CT molecular complexity index is 619. The Hall–Kier alpha value is -1.59. The molecule has 0 saturated carbocycles. The normalized spacial score (nSPS) is 12.2. The quantitative estimate of drug-likeness (QED) is 0.838. The Morgan fingerprint density at radius 3 is 2.80 bits per heavy atom. The molecule has 0 saturated heterocycles. The lowest BCUT2D eigenvalue weighted by Gasteiger charge is -2.16. The predicted octanol–water partition coefficient (Wildman–Crippen LogP) is 3.46. The van der Waals surface area contributed by atoms with E-state index in [9.17, 15) is 9.50 Å². The molecular formula is C15H15BrFNO2. The van der Waals surface area contributed by atoms with Gasteiger partial charge in [0.25, 0.3) is 0 Å². The molecule has 0 heterocycles. The molecule has 3 nitrogen and oxygen atoms in total. The van der Waals surface area contributed by atoms with Crippen molar-refractivity contribution < 1.29 is 14.2 Å². The maximum absolute atomic E-state index is 13.7. The molecule has 3 N–H and O–H groups in total. The summed E-state index contributed by atoms with van der Waals surface area (Å²) >= 11 is 3.29. The van der Waals surface area contributed by atoms with Gasteiger partial charge in [-0.05, 0) is 29.8 Å². The van der Waals surface area contributed by atoms with Crippen LogP contribution in [0.25, 0.3) is 0 Å². The Kier molecular flexibility index (Phi) is 4.62. The van der Waals surface area contributed by atoms with Crippen LogP contribution < -0.4 is 10.5 Å². The highest BCUT2D eigenvalue weighted by molar-refractivity contribution is 9.10. The third-order valence-electron chi connectivity index (χ3n) is 3.10. The largest absolute Gasteiger partial charge is 0.495 e. The molecule has 106 valence electrons. The molecule has 0 aromatic heterocycles. The van der Waals surface area contributed by atoms with E-state index in [1.807, 2.05) is 0 Å². The van der Waals surface area contributed by atoms with Crippen LogP contribution in [0.15, 0.2) is 40.9 Å². The summed E-state index contributed by atoms with van der Waals surface area (Å²) in [5.74, 6) is 0.144. The molecule has 0 fully saturated rings. The van der Waals surface area contributed by atoms with Crippen LogP contribution >= 0.6 is 15.9 Å². The highest BCUT2D eigenvalue weighted by Gasteiger charge is 2.16. The molecule has 0 aliphatic rings. The van der Waals surface area contributed by atoms with Crippen LogP contribution in [-0.2, 0) is 6.42 Å². The smallest absolute Gasteiger partial charge is 0.142 e. The van der Waals surface area contributed by atoms with Gasteiger partial charge < -0.3 is 15.6 Å². The summed E-state index contributed by atoms with van der Waals surface area (Å²) in [7, 11) is 1.51. The van der Waals surface area contributed by atoms with Gasteiger partial charge in [0.15, 0.2) is 0 Å². The first-order valence-corrected chi connectivity index (χ1v) is 6.86. The molecule has 1 unspecified atom stereocenters. The van der Waals surface area contributed by atoms with Gasteiger partial charge >= 0.3 is 0 Å². The van der Waals surface area contributed by atoms with Crippen molar-refractivity contribution in [2.45, 2.75) is 12.5 Å². The van der Waals surface area contributed by atoms with E-state index in [0.717, 1.165) is 4.47 Å². The minimum atomic E-state index is -0.895. The minimum Gasteiger partial charge on any atom is -0.495 e. The molecule has 0 bridgehead atoms. The van der Waals surface area contributed by atoms with Crippen LogP contribution in [0.4, 0.5) is 10.1 Å². The molecule has 0 aliphatic heterocycles. The number of hydrogen-bond acceptors (Lipinski definition) is 3. The second-order valence-corrected chi connectivity index (χ2v) is 5.33. The second kappa shape index (κ2) is 6.24. The average Bonchev–Trinajstić information content (AvgIpc) is 2.43. The van der Waals surface area contributed by atoms with Crippen LogP contribution in [0, 0.1) is 5.82 Å². The molecular weight excluding hydrogens is 325 g/mol. The summed E-state index contributed by atoms with van der Waals surface area (Å²) in [4.78, 5) is 0. The molecule has 2 aromatic carbocycles. The van der Waals surface area contributed by atoms with Gasteiger partial charge in [-0.2, -0.15) is 0 Å². The Morgan fingerprint density at radius 2 is 2.10 bits per heavy atom. The number of rotatable bonds is 4. The van der Waals surface area contributed by atoms with Crippen LogP contribution in [0.2, 0.25) is 0 Å². The van der Waals surface area contributed by atoms with Crippen LogP contribution in [0.3, 0.4) is 0 Å². The van der Waals surface area contributed by atoms with Crippen LogP contribution in [0.5, 0.6) is 5.75 Å². The number of halogens is 2. The molecule has 2 rings (SSSR count). The maximum atomic E-state index is 13.7.